The lowest BCUT2D eigenvalue weighted by molar-refractivity contribution is 1.18. The van der Waals surface area contributed by atoms with Crippen molar-refractivity contribution in [3.8, 4) is 0 Å². The van der Waals surface area contributed by atoms with Gasteiger partial charge in [0.25, 0.3) is 0 Å². The molecule has 0 fully saturated rings. The molecule has 82 valence electrons. The van der Waals surface area contributed by atoms with E-state index in [2.05, 4.69) is 36.4 Å². The van der Waals surface area contributed by atoms with Gasteiger partial charge in [0, 0.05) is 0 Å². The lowest BCUT2D eigenvalue weighted by Gasteiger charge is -2.04. The summed E-state index contributed by atoms with van der Waals surface area (Å²) < 4.78 is 0. The van der Waals surface area contributed by atoms with Crippen LogP contribution in [0.4, 0.5) is 0 Å². The third-order valence-electron chi connectivity index (χ3n) is 2.48. The van der Waals surface area contributed by atoms with Crippen LogP contribution in [0.15, 0.2) is 54.6 Å². The van der Waals surface area contributed by atoms with Crippen molar-refractivity contribution in [3.63, 3.8) is 0 Å². The fourth-order valence-corrected chi connectivity index (χ4v) is 1.90. The van der Waals surface area contributed by atoms with Crippen molar-refractivity contribution in [1.82, 2.24) is 0 Å². The van der Waals surface area contributed by atoms with E-state index in [0.717, 1.165) is 12.0 Å². The molecule has 0 spiro atoms. The van der Waals surface area contributed by atoms with Crippen LogP contribution in [0.2, 0.25) is 0 Å². The Labute approximate surface area is 106 Å². The second-order valence-corrected chi connectivity index (χ2v) is 4.80. The third kappa shape index (κ3) is 3.01. The Morgan fingerprint density at radius 1 is 0.750 bits per heavy atom. The highest BCUT2D eigenvalue weighted by molar-refractivity contribution is 6.44. The van der Waals surface area contributed by atoms with Crippen molar-refractivity contribution in [1.29, 1.82) is 0 Å². The molecular formula is C14H12Cl2. The van der Waals surface area contributed by atoms with Gasteiger partial charge in [-0.3, -0.25) is 0 Å². The van der Waals surface area contributed by atoms with Gasteiger partial charge in [-0.15, -0.1) is 23.2 Å². The van der Waals surface area contributed by atoms with Gasteiger partial charge in [-0.2, -0.15) is 0 Å². The molecule has 0 saturated heterocycles. The van der Waals surface area contributed by atoms with Gasteiger partial charge in [0.1, 0.15) is 4.84 Å². The first-order valence-electron chi connectivity index (χ1n) is 5.16. The topological polar surface area (TPSA) is 0 Å². The minimum absolute atomic E-state index is 0.439. The average molecular weight is 251 g/mol. The molecule has 0 atom stereocenters. The van der Waals surface area contributed by atoms with E-state index < -0.39 is 4.84 Å². The molecule has 0 unspecified atom stereocenters. The van der Waals surface area contributed by atoms with Gasteiger partial charge in [-0.05, 0) is 23.1 Å². The van der Waals surface area contributed by atoms with Crippen LogP contribution in [-0.2, 0) is 6.42 Å². The van der Waals surface area contributed by atoms with Gasteiger partial charge in [0.2, 0.25) is 0 Å². The maximum atomic E-state index is 5.78. The summed E-state index contributed by atoms with van der Waals surface area (Å²) in [6.45, 7) is 0. The van der Waals surface area contributed by atoms with Crippen molar-refractivity contribution in [2.45, 2.75) is 11.3 Å². The summed E-state index contributed by atoms with van der Waals surface area (Å²) >= 11 is 11.6. The molecule has 0 saturated carbocycles. The Hall–Kier alpha value is -0.980. The molecular weight excluding hydrogens is 239 g/mol. The van der Waals surface area contributed by atoms with Crippen LogP contribution in [0.3, 0.4) is 0 Å². The normalized spacial score (nSPS) is 10.7. The number of hydrogen-bond donors (Lipinski definition) is 0. The zero-order valence-electron chi connectivity index (χ0n) is 8.74. The Balaban J connectivity index is 2.11. The zero-order valence-corrected chi connectivity index (χ0v) is 10.2. The SMILES string of the molecule is ClC(Cl)c1ccc(Cc2ccccc2)cc1. The van der Waals surface area contributed by atoms with Crippen molar-refractivity contribution in [3.05, 3.63) is 71.3 Å². The Kier molecular flexibility index (Phi) is 3.87. The van der Waals surface area contributed by atoms with Gasteiger partial charge in [-0.1, -0.05) is 54.6 Å². The van der Waals surface area contributed by atoms with Crippen molar-refractivity contribution in [2.75, 3.05) is 0 Å². The predicted molar refractivity (Wildman–Crippen MR) is 70.1 cm³/mol. The first-order valence-corrected chi connectivity index (χ1v) is 6.04. The number of hydrogen-bond acceptors (Lipinski definition) is 0. The van der Waals surface area contributed by atoms with E-state index in [-0.39, 0.29) is 0 Å². The molecule has 0 bridgehead atoms. The molecule has 0 radical (unpaired) electrons. The number of benzene rings is 2. The van der Waals surface area contributed by atoms with E-state index in [0.29, 0.717) is 0 Å². The number of rotatable bonds is 3. The molecule has 16 heavy (non-hydrogen) atoms. The Morgan fingerprint density at radius 2 is 1.31 bits per heavy atom. The number of alkyl halides is 2. The van der Waals surface area contributed by atoms with Gasteiger partial charge < -0.3 is 0 Å². The lowest BCUT2D eigenvalue weighted by atomic mass is 10.0. The van der Waals surface area contributed by atoms with Crippen molar-refractivity contribution < 1.29 is 0 Å². The molecule has 0 aromatic heterocycles. The maximum absolute atomic E-state index is 5.78. The van der Waals surface area contributed by atoms with E-state index in [9.17, 15) is 0 Å². The van der Waals surface area contributed by atoms with Crippen LogP contribution < -0.4 is 0 Å². The summed E-state index contributed by atoms with van der Waals surface area (Å²) in [5.41, 5.74) is 3.52. The van der Waals surface area contributed by atoms with Crippen LogP contribution in [0, 0.1) is 0 Å². The average Bonchev–Trinajstić information content (AvgIpc) is 2.31. The molecule has 0 aliphatic carbocycles. The quantitative estimate of drug-likeness (QED) is 0.690. The molecule has 2 aromatic rings. The second-order valence-electron chi connectivity index (χ2n) is 3.70. The molecule has 2 heteroatoms. The minimum atomic E-state index is -0.439. The van der Waals surface area contributed by atoms with E-state index in [1.54, 1.807) is 0 Å². The van der Waals surface area contributed by atoms with Crippen LogP contribution >= 0.6 is 23.2 Å². The van der Waals surface area contributed by atoms with Gasteiger partial charge >= 0.3 is 0 Å². The lowest BCUT2D eigenvalue weighted by Crippen LogP contribution is -1.88. The summed E-state index contributed by atoms with van der Waals surface area (Å²) in [6.07, 6.45) is 0.941. The predicted octanol–water partition coefficient (Wildman–Crippen LogP) is 4.75. The molecule has 0 heterocycles. The smallest absolute Gasteiger partial charge is 0.100 e. The van der Waals surface area contributed by atoms with Crippen LogP contribution in [-0.4, -0.2) is 0 Å². The molecule has 0 aliphatic rings. The summed E-state index contributed by atoms with van der Waals surface area (Å²) in [6, 6.07) is 18.5. The Bertz CT molecular complexity index is 432. The van der Waals surface area contributed by atoms with E-state index in [1.165, 1.54) is 11.1 Å². The first kappa shape index (κ1) is 11.5. The second kappa shape index (κ2) is 5.38. The van der Waals surface area contributed by atoms with Crippen molar-refractivity contribution >= 4 is 23.2 Å². The fraction of sp³-hybridized carbons (Fsp3) is 0.143. The third-order valence-corrected chi connectivity index (χ3v) is 2.99. The maximum Gasteiger partial charge on any atom is 0.132 e. The van der Waals surface area contributed by atoms with E-state index in [1.807, 2.05) is 18.2 Å². The molecule has 0 aliphatic heterocycles. The summed E-state index contributed by atoms with van der Waals surface area (Å²) in [5.74, 6) is 0. The summed E-state index contributed by atoms with van der Waals surface area (Å²) in [5, 5.41) is 0. The highest BCUT2D eigenvalue weighted by Gasteiger charge is 2.02. The molecule has 0 N–H and O–H groups in total. The monoisotopic (exact) mass is 250 g/mol. The fourth-order valence-electron chi connectivity index (χ4n) is 1.61. The van der Waals surface area contributed by atoms with E-state index >= 15 is 0 Å². The largest absolute Gasteiger partial charge is 0.132 e. The standard InChI is InChI=1S/C14H12Cl2/c15-14(16)13-8-6-12(7-9-13)10-11-4-2-1-3-5-11/h1-9,14H,10H2. The number of halogens is 2. The van der Waals surface area contributed by atoms with Gasteiger partial charge in [-0.25, -0.2) is 0 Å². The highest BCUT2D eigenvalue weighted by Crippen LogP contribution is 2.24. The van der Waals surface area contributed by atoms with E-state index in [4.69, 9.17) is 23.2 Å². The van der Waals surface area contributed by atoms with Gasteiger partial charge in [0.15, 0.2) is 0 Å². The van der Waals surface area contributed by atoms with Crippen LogP contribution in [0.1, 0.15) is 21.5 Å². The highest BCUT2D eigenvalue weighted by atomic mass is 35.5. The summed E-state index contributed by atoms with van der Waals surface area (Å²) in [4.78, 5) is -0.439. The molecule has 0 nitrogen and oxygen atoms in total. The Morgan fingerprint density at radius 3 is 1.88 bits per heavy atom. The van der Waals surface area contributed by atoms with Crippen molar-refractivity contribution in [2.24, 2.45) is 0 Å². The van der Waals surface area contributed by atoms with Gasteiger partial charge in [0.05, 0.1) is 0 Å². The molecule has 2 rings (SSSR count). The minimum Gasteiger partial charge on any atom is -0.100 e. The molecule has 0 amide bonds. The first-order chi connectivity index (χ1) is 7.75. The van der Waals surface area contributed by atoms with Crippen LogP contribution in [0.25, 0.3) is 0 Å². The molecule has 2 aromatic carbocycles. The van der Waals surface area contributed by atoms with Crippen LogP contribution in [0.5, 0.6) is 0 Å². The summed E-state index contributed by atoms with van der Waals surface area (Å²) in [7, 11) is 0. The zero-order chi connectivity index (χ0) is 11.4.